The van der Waals surface area contributed by atoms with E-state index >= 15 is 0 Å². The number of ether oxygens (including phenoxy) is 1. The van der Waals surface area contributed by atoms with Gasteiger partial charge in [0.05, 0.1) is 23.9 Å². The molecule has 1 rings (SSSR count). The van der Waals surface area contributed by atoms with Crippen molar-refractivity contribution >= 4 is 17.3 Å². The van der Waals surface area contributed by atoms with E-state index in [2.05, 4.69) is 5.32 Å². The van der Waals surface area contributed by atoms with Crippen LogP contribution in [0.1, 0.15) is 12.5 Å². The Morgan fingerprint density at radius 2 is 2.21 bits per heavy atom. The summed E-state index contributed by atoms with van der Waals surface area (Å²) in [5.74, 6) is 0. The van der Waals surface area contributed by atoms with Crippen molar-refractivity contribution in [1.29, 1.82) is 0 Å². The zero-order chi connectivity index (χ0) is 14.3. The van der Waals surface area contributed by atoms with Crippen LogP contribution in [0.2, 0.25) is 5.02 Å². The zero-order valence-electron chi connectivity index (χ0n) is 11.8. The fourth-order valence-corrected chi connectivity index (χ4v) is 2.05. The van der Waals surface area contributed by atoms with Crippen LogP contribution in [-0.2, 0) is 11.3 Å². The highest BCUT2D eigenvalue weighted by Crippen LogP contribution is 2.27. The smallest absolute Gasteiger partial charge is 0.0642 e. The van der Waals surface area contributed by atoms with Crippen molar-refractivity contribution in [3.05, 3.63) is 28.8 Å². The molecule has 5 heteroatoms. The number of rotatable bonds is 8. The normalized spacial score (nSPS) is 12.5. The molecular weight excluding hydrogens is 264 g/mol. The molecule has 19 heavy (non-hydrogen) atoms. The third kappa shape index (κ3) is 4.99. The highest BCUT2D eigenvalue weighted by atomic mass is 35.5. The summed E-state index contributed by atoms with van der Waals surface area (Å²) >= 11 is 6.29. The fraction of sp³-hybridized carbons (Fsp3) is 0.571. The molecule has 2 N–H and O–H groups in total. The predicted octanol–water partition coefficient (Wildman–Crippen LogP) is 1.89. The van der Waals surface area contributed by atoms with Crippen LogP contribution in [0.3, 0.4) is 0 Å². The lowest BCUT2D eigenvalue weighted by molar-refractivity contribution is 0.199. The summed E-state index contributed by atoms with van der Waals surface area (Å²) in [5, 5.41) is 13.1. The molecule has 0 bridgehead atoms. The second kappa shape index (κ2) is 8.38. The largest absolute Gasteiger partial charge is 0.394 e. The Morgan fingerprint density at radius 1 is 1.47 bits per heavy atom. The van der Waals surface area contributed by atoms with Crippen molar-refractivity contribution < 1.29 is 9.84 Å². The second-order valence-corrected chi connectivity index (χ2v) is 5.01. The van der Waals surface area contributed by atoms with E-state index in [1.165, 1.54) is 0 Å². The van der Waals surface area contributed by atoms with Crippen molar-refractivity contribution in [2.75, 3.05) is 38.8 Å². The zero-order valence-corrected chi connectivity index (χ0v) is 12.6. The number of halogens is 1. The topological polar surface area (TPSA) is 44.7 Å². The number of anilines is 1. The predicted molar refractivity (Wildman–Crippen MR) is 80.0 cm³/mol. The first kappa shape index (κ1) is 16.2. The van der Waals surface area contributed by atoms with Crippen LogP contribution in [0, 0.1) is 0 Å². The van der Waals surface area contributed by atoms with Gasteiger partial charge in [0.15, 0.2) is 0 Å². The molecule has 0 aliphatic rings. The second-order valence-electron chi connectivity index (χ2n) is 4.60. The van der Waals surface area contributed by atoms with Crippen molar-refractivity contribution in [3.8, 4) is 0 Å². The number of benzene rings is 1. The lowest BCUT2D eigenvalue weighted by Gasteiger charge is -2.26. The van der Waals surface area contributed by atoms with E-state index in [0.29, 0.717) is 11.6 Å². The monoisotopic (exact) mass is 286 g/mol. The minimum Gasteiger partial charge on any atom is -0.394 e. The average molecular weight is 287 g/mol. The van der Waals surface area contributed by atoms with Gasteiger partial charge in [0.25, 0.3) is 0 Å². The van der Waals surface area contributed by atoms with E-state index in [0.717, 1.165) is 24.3 Å². The Morgan fingerprint density at radius 3 is 2.79 bits per heavy atom. The highest BCUT2D eigenvalue weighted by Gasteiger charge is 2.12. The molecular formula is C14H23ClN2O2. The summed E-state index contributed by atoms with van der Waals surface area (Å²) in [5.41, 5.74) is 2.07. The Kier molecular flexibility index (Phi) is 7.16. The van der Waals surface area contributed by atoms with Crippen LogP contribution in [0.4, 0.5) is 5.69 Å². The summed E-state index contributed by atoms with van der Waals surface area (Å²) in [6.45, 7) is 4.34. The van der Waals surface area contributed by atoms with E-state index in [1.54, 1.807) is 7.11 Å². The summed E-state index contributed by atoms with van der Waals surface area (Å²) in [4.78, 5) is 1.98. The summed E-state index contributed by atoms with van der Waals surface area (Å²) in [6, 6.07) is 6.03. The van der Waals surface area contributed by atoms with Gasteiger partial charge < -0.3 is 20.1 Å². The maximum atomic E-state index is 9.17. The van der Waals surface area contributed by atoms with Crippen molar-refractivity contribution in [3.63, 3.8) is 0 Å². The van der Waals surface area contributed by atoms with Gasteiger partial charge in [0.2, 0.25) is 0 Å². The van der Waals surface area contributed by atoms with Crippen LogP contribution < -0.4 is 10.2 Å². The Bertz CT molecular complexity index is 388. The summed E-state index contributed by atoms with van der Waals surface area (Å²) in [7, 11) is 3.62. The number of hydrogen-bond donors (Lipinski definition) is 2. The molecule has 0 aliphatic carbocycles. The Labute approximate surface area is 120 Å². The van der Waals surface area contributed by atoms with Gasteiger partial charge in [-0.15, -0.1) is 0 Å². The van der Waals surface area contributed by atoms with Gasteiger partial charge >= 0.3 is 0 Å². The third-order valence-corrected chi connectivity index (χ3v) is 3.43. The molecule has 0 amide bonds. The molecule has 0 radical (unpaired) electrons. The SMILES string of the molecule is COCCNCc1ccc(N(C)C(C)CO)c(Cl)c1. The average Bonchev–Trinajstić information content (AvgIpc) is 2.42. The van der Waals surface area contributed by atoms with E-state index < -0.39 is 0 Å². The lowest BCUT2D eigenvalue weighted by atomic mass is 10.1. The Balaban J connectivity index is 2.63. The maximum Gasteiger partial charge on any atom is 0.0642 e. The van der Waals surface area contributed by atoms with Crippen LogP contribution >= 0.6 is 11.6 Å². The van der Waals surface area contributed by atoms with Crippen LogP contribution in [0.5, 0.6) is 0 Å². The van der Waals surface area contributed by atoms with E-state index in [1.807, 2.05) is 37.1 Å². The van der Waals surface area contributed by atoms with E-state index in [-0.39, 0.29) is 12.6 Å². The van der Waals surface area contributed by atoms with Crippen molar-refractivity contribution in [2.24, 2.45) is 0 Å². The molecule has 1 aromatic carbocycles. The molecule has 108 valence electrons. The van der Waals surface area contributed by atoms with Crippen molar-refractivity contribution in [2.45, 2.75) is 19.5 Å². The molecule has 4 nitrogen and oxygen atoms in total. The summed E-state index contributed by atoms with van der Waals surface area (Å²) < 4.78 is 4.97. The first-order valence-corrected chi connectivity index (χ1v) is 6.79. The first-order valence-electron chi connectivity index (χ1n) is 6.42. The molecule has 0 fully saturated rings. The number of methoxy groups -OCH3 is 1. The third-order valence-electron chi connectivity index (χ3n) is 3.13. The molecule has 0 spiro atoms. The van der Waals surface area contributed by atoms with Gasteiger partial charge in [-0.1, -0.05) is 17.7 Å². The fourth-order valence-electron chi connectivity index (χ4n) is 1.71. The molecule has 0 saturated carbocycles. The highest BCUT2D eigenvalue weighted by molar-refractivity contribution is 6.33. The molecule has 0 aliphatic heterocycles. The van der Waals surface area contributed by atoms with Crippen LogP contribution in [0.25, 0.3) is 0 Å². The van der Waals surface area contributed by atoms with E-state index in [9.17, 15) is 5.11 Å². The Hall–Kier alpha value is -0.810. The molecule has 0 aromatic heterocycles. The van der Waals surface area contributed by atoms with E-state index in [4.69, 9.17) is 16.3 Å². The van der Waals surface area contributed by atoms with Crippen LogP contribution in [0.15, 0.2) is 18.2 Å². The van der Waals surface area contributed by atoms with Gasteiger partial charge in [0, 0.05) is 33.3 Å². The van der Waals surface area contributed by atoms with Gasteiger partial charge in [-0.3, -0.25) is 0 Å². The molecule has 1 aromatic rings. The quantitative estimate of drug-likeness (QED) is 0.717. The van der Waals surface area contributed by atoms with Gasteiger partial charge in [-0.2, -0.15) is 0 Å². The minimum absolute atomic E-state index is 0.0446. The molecule has 0 saturated heterocycles. The number of likely N-dealkylation sites (N-methyl/N-ethyl adjacent to an activating group) is 1. The lowest BCUT2D eigenvalue weighted by Crippen LogP contribution is -2.32. The summed E-state index contributed by atoms with van der Waals surface area (Å²) in [6.07, 6.45) is 0. The number of nitrogens with one attached hydrogen (secondary N) is 1. The van der Waals surface area contributed by atoms with Gasteiger partial charge in [0.1, 0.15) is 0 Å². The van der Waals surface area contributed by atoms with Crippen LogP contribution in [-0.4, -0.2) is 45.1 Å². The molecule has 1 unspecified atom stereocenters. The molecule has 1 atom stereocenters. The number of hydrogen-bond acceptors (Lipinski definition) is 4. The van der Waals surface area contributed by atoms with Gasteiger partial charge in [-0.05, 0) is 24.6 Å². The van der Waals surface area contributed by atoms with Gasteiger partial charge in [-0.25, -0.2) is 0 Å². The number of aliphatic hydroxyl groups is 1. The maximum absolute atomic E-state index is 9.17. The first-order chi connectivity index (χ1) is 9.10. The van der Waals surface area contributed by atoms with Crippen molar-refractivity contribution in [1.82, 2.24) is 5.32 Å². The molecule has 0 heterocycles. The standard InChI is InChI=1S/C14H23ClN2O2/c1-11(10-18)17(2)14-5-4-12(8-13(14)15)9-16-6-7-19-3/h4-5,8,11,16,18H,6-7,9-10H2,1-3H3. The minimum atomic E-state index is 0.0446. The number of aliphatic hydroxyl groups excluding tert-OH is 1. The number of nitrogens with zero attached hydrogens (tertiary/aromatic N) is 1.